The van der Waals surface area contributed by atoms with Gasteiger partial charge in [0.15, 0.2) is 0 Å². The Hall–Kier alpha value is -0.0800. The number of aliphatic hydroxyl groups excluding tert-OH is 1. The Morgan fingerprint density at radius 3 is 2.36 bits per heavy atom. The summed E-state index contributed by atoms with van der Waals surface area (Å²) in [5.74, 6) is 0.998. The molecule has 0 saturated heterocycles. The van der Waals surface area contributed by atoms with Gasteiger partial charge in [-0.3, -0.25) is 0 Å². The molecule has 0 aliphatic heterocycles. The summed E-state index contributed by atoms with van der Waals surface area (Å²) in [7, 11) is 0. The summed E-state index contributed by atoms with van der Waals surface area (Å²) < 4.78 is 5.84. The lowest BCUT2D eigenvalue weighted by Crippen LogP contribution is -2.48. The van der Waals surface area contributed by atoms with Crippen molar-refractivity contribution < 1.29 is 9.84 Å². The Kier molecular flexibility index (Phi) is 2.85. The zero-order chi connectivity index (χ0) is 10.2. The second kappa shape index (κ2) is 3.82. The molecule has 0 aromatic heterocycles. The maximum Gasteiger partial charge on any atom is 0.0661 e. The van der Waals surface area contributed by atoms with Crippen molar-refractivity contribution in [2.45, 2.75) is 57.7 Å². The topological polar surface area (TPSA) is 29.5 Å². The summed E-state index contributed by atoms with van der Waals surface area (Å²) in [6, 6.07) is 0. The molecule has 0 aromatic carbocycles. The molecule has 0 radical (unpaired) electrons. The fourth-order valence-corrected chi connectivity index (χ4v) is 3.47. The van der Waals surface area contributed by atoms with Gasteiger partial charge in [-0.1, -0.05) is 6.42 Å². The molecule has 2 unspecified atom stereocenters. The lowest BCUT2D eigenvalue weighted by atomic mass is 9.64. The van der Waals surface area contributed by atoms with Crippen LogP contribution in [0.2, 0.25) is 0 Å². The van der Waals surface area contributed by atoms with E-state index in [0.29, 0.717) is 11.8 Å². The fourth-order valence-electron chi connectivity index (χ4n) is 3.47. The van der Waals surface area contributed by atoms with Gasteiger partial charge in [0.2, 0.25) is 0 Å². The molecule has 2 nitrogen and oxygen atoms in total. The van der Waals surface area contributed by atoms with E-state index in [2.05, 4.69) is 13.8 Å². The highest BCUT2D eigenvalue weighted by atomic mass is 16.5. The van der Waals surface area contributed by atoms with Gasteiger partial charge in [-0.15, -0.1) is 0 Å². The Labute approximate surface area is 86.6 Å². The van der Waals surface area contributed by atoms with Crippen LogP contribution in [0.5, 0.6) is 0 Å². The summed E-state index contributed by atoms with van der Waals surface area (Å²) in [6.07, 6.45) is 5.75. The Balaban J connectivity index is 2.06. The third-order valence-corrected chi connectivity index (χ3v) is 4.00. The van der Waals surface area contributed by atoms with Crippen LogP contribution in [-0.4, -0.2) is 23.4 Å². The van der Waals surface area contributed by atoms with Gasteiger partial charge in [-0.05, 0) is 51.4 Å². The summed E-state index contributed by atoms with van der Waals surface area (Å²) >= 11 is 0. The molecule has 2 aliphatic rings. The summed E-state index contributed by atoms with van der Waals surface area (Å²) in [4.78, 5) is 0. The minimum Gasteiger partial charge on any atom is -0.393 e. The second-order valence-corrected chi connectivity index (χ2v) is 5.23. The second-order valence-electron chi connectivity index (χ2n) is 5.23. The van der Waals surface area contributed by atoms with Crippen molar-refractivity contribution in [3.8, 4) is 0 Å². The van der Waals surface area contributed by atoms with Gasteiger partial charge >= 0.3 is 0 Å². The first kappa shape index (κ1) is 10.4. The predicted octanol–water partition coefficient (Wildman–Crippen LogP) is 2.35. The number of ether oxygens (including phenoxy) is 1. The highest BCUT2D eigenvalue weighted by Gasteiger charge is 2.45. The van der Waals surface area contributed by atoms with Gasteiger partial charge in [-0.25, -0.2) is 0 Å². The van der Waals surface area contributed by atoms with Crippen LogP contribution in [0.3, 0.4) is 0 Å². The van der Waals surface area contributed by atoms with Crippen molar-refractivity contribution in [3.63, 3.8) is 0 Å². The van der Waals surface area contributed by atoms with E-state index >= 15 is 0 Å². The van der Waals surface area contributed by atoms with Gasteiger partial charge in [-0.2, -0.15) is 0 Å². The first-order valence-electron chi connectivity index (χ1n) is 5.96. The van der Waals surface area contributed by atoms with E-state index in [9.17, 15) is 5.11 Å². The fraction of sp³-hybridized carbons (Fsp3) is 1.00. The Morgan fingerprint density at radius 2 is 1.86 bits per heavy atom. The molecule has 0 amide bonds. The quantitative estimate of drug-likeness (QED) is 0.738. The average molecular weight is 198 g/mol. The van der Waals surface area contributed by atoms with Crippen LogP contribution >= 0.6 is 0 Å². The molecule has 2 fully saturated rings. The molecule has 2 rings (SSSR count). The molecule has 0 heterocycles. The minimum absolute atomic E-state index is 0.0442. The Morgan fingerprint density at radius 1 is 1.29 bits per heavy atom. The van der Waals surface area contributed by atoms with Crippen LogP contribution in [0.15, 0.2) is 0 Å². The van der Waals surface area contributed by atoms with Gasteiger partial charge in [0.1, 0.15) is 0 Å². The molecule has 0 spiro atoms. The van der Waals surface area contributed by atoms with Gasteiger partial charge in [0.25, 0.3) is 0 Å². The van der Waals surface area contributed by atoms with Crippen LogP contribution in [0.25, 0.3) is 0 Å². The molecule has 2 aliphatic carbocycles. The molecular weight excluding hydrogens is 176 g/mol. The highest BCUT2D eigenvalue weighted by molar-refractivity contribution is 4.96. The smallest absolute Gasteiger partial charge is 0.0661 e. The molecule has 1 N–H and O–H groups in total. The zero-order valence-electron chi connectivity index (χ0n) is 9.33. The third-order valence-electron chi connectivity index (χ3n) is 4.00. The van der Waals surface area contributed by atoms with Crippen molar-refractivity contribution in [3.05, 3.63) is 0 Å². The van der Waals surface area contributed by atoms with Crippen molar-refractivity contribution in [1.29, 1.82) is 0 Å². The Bertz CT molecular complexity index is 188. The SMILES string of the molecule is CCOC1(C)CC2CCCC(C1)C2O. The van der Waals surface area contributed by atoms with Crippen molar-refractivity contribution in [1.82, 2.24) is 0 Å². The summed E-state index contributed by atoms with van der Waals surface area (Å²) in [5, 5.41) is 10.0. The number of rotatable bonds is 2. The first-order valence-corrected chi connectivity index (χ1v) is 5.96. The zero-order valence-corrected chi connectivity index (χ0v) is 9.33. The van der Waals surface area contributed by atoms with E-state index in [4.69, 9.17) is 4.74 Å². The number of aliphatic hydroxyl groups is 1. The number of hydrogen-bond donors (Lipinski definition) is 1. The van der Waals surface area contributed by atoms with Crippen LogP contribution in [-0.2, 0) is 4.74 Å². The maximum atomic E-state index is 10.0. The van der Waals surface area contributed by atoms with Gasteiger partial charge in [0, 0.05) is 6.61 Å². The van der Waals surface area contributed by atoms with Gasteiger partial charge < -0.3 is 9.84 Å². The van der Waals surface area contributed by atoms with E-state index in [1.165, 1.54) is 19.3 Å². The molecule has 2 heteroatoms. The molecular formula is C12H22O2. The lowest BCUT2D eigenvalue weighted by Gasteiger charge is -2.48. The van der Waals surface area contributed by atoms with Crippen molar-refractivity contribution in [2.75, 3.05) is 6.61 Å². The van der Waals surface area contributed by atoms with E-state index < -0.39 is 0 Å². The van der Waals surface area contributed by atoms with E-state index in [-0.39, 0.29) is 11.7 Å². The highest BCUT2D eigenvalue weighted by Crippen LogP contribution is 2.45. The molecule has 2 saturated carbocycles. The van der Waals surface area contributed by atoms with Crippen LogP contribution in [0.4, 0.5) is 0 Å². The van der Waals surface area contributed by atoms with Crippen LogP contribution in [0.1, 0.15) is 46.0 Å². The van der Waals surface area contributed by atoms with E-state index in [0.717, 1.165) is 19.4 Å². The summed E-state index contributed by atoms with van der Waals surface area (Å²) in [5.41, 5.74) is 0.0454. The minimum atomic E-state index is -0.0442. The van der Waals surface area contributed by atoms with Crippen molar-refractivity contribution in [2.24, 2.45) is 11.8 Å². The molecule has 2 bridgehead atoms. The van der Waals surface area contributed by atoms with Crippen LogP contribution < -0.4 is 0 Å². The molecule has 0 aromatic rings. The largest absolute Gasteiger partial charge is 0.393 e. The predicted molar refractivity (Wildman–Crippen MR) is 56.1 cm³/mol. The number of fused-ring (bicyclic) bond motifs is 2. The summed E-state index contributed by atoms with van der Waals surface area (Å²) in [6.45, 7) is 5.08. The molecule has 14 heavy (non-hydrogen) atoms. The lowest BCUT2D eigenvalue weighted by molar-refractivity contribution is -0.134. The first-order chi connectivity index (χ1) is 6.64. The number of hydrogen-bond acceptors (Lipinski definition) is 2. The van der Waals surface area contributed by atoms with Crippen molar-refractivity contribution >= 4 is 0 Å². The van der Waals surface area contributed by atoms with Crippen LogP contribution in [0, 0.1) is 11.8 Å². The molecule has 2 atom stereocenters. The monoisotopic (exact) mass is 198 g/mol. The molecule has 82 valence electrons. The maximum absolute atomic E-state index is 10.0. The average Bonchev–Trinajstić information content (AvgIpc) is 2.08. The van der Waals surface area contributed by atoms with E-state index in [1.807, 2.05) is 0 Å². The normalized spacial score (nSPS) is 47.8. The standard InChI is InChI=1S/C12H22O2/c1-3-14-12(2)7-9-5-4-6-10(8-12)11(9)13/h9-11,13H,3-8H2,1-2H3. The van der Waals surface area contributed by atoms with E-state index in [1.54, 1.807) is 0 Å². The van der Waals surface area contributed by atoms with Gasteiger partial charge in [0.05, 0.1) is 11.7 Å². The third kappa shape index (κ3) is 1.82.